The van der Waals surface area contributed by atoms with Crippen LogP contribution in [0.5, 0.6) is 0 Å². The largest absolute Gasteiger partial charge is 0.459 e. The van der Waals surface area contributed by atoms with Crippen LogP contribution in [-0.2, 0) is 0 Å². The summed E-state index contributed by atoms with van der Waals surface area (Å²) in [6.07, 6.45) is 3.14. The summed E-state index contributed by atoms with van der Waals surface area (Å²) in [6, 6.07) is 3.57. The molecule has 1 N–H and O–H groups in total. The molecule has 2 rings (SSSR count). The van der Waals surface area contributed by atoms with E-state index < -0.39 is 0 Å². The van der Waals surface area contributed by atoms with Crippen molar-refractivity contribution in [3.63, 3.8) is 0 Å². The number of hydrogen-bond donors (Lipinski definition) is 1. The van der Waals surface area contributed by atoms with Gasteiger partial charge in [-0.15, -0.1) is 0 Å². The topological polar surface area (TPSA) is 39.6 Å². The third kappa shape index (κ3) is 2.19. The van der Waals surface area contributed by atoms with Gasteiger partial charge >= 0.3 is 0 Å². The Bertz CT molecular complexity index is 454. The van der Waals surface area contributed by atoms with Crippen molar-refractivity contribution in [3.8, 4) is 0 Å². The molecule has 4 nitrogen and oxygen atoms in total. The molecule has 1 fully saturated rings. The molecular weight excluding hydrogens is 256 g/mol. The van der Waals surface area contributed by atoms with Gasteiger partial charge in [-0.05, 0) is 42.5 Å². The van der Waals surface area contributed by atoms with E-state index in [0.29, 0.717) is 5.76 Å². The summed E-state index contributed by atoms with van der Waals surface area (Å²) in [4.78, 5) is 2.00. The van der Waals surface area contributed by atoms with Crippen molar-refractivity contribution in [2.75, 3.05) is 7.05 Å². The van der Waals surface area contributed by atoms with Gasteiger partial charge in [0.25, 0.3) is 11.6 Å². The maximum Gasteiger partial charge on any atom is 0.276 e. The third-order valence-corrected chi connectivity index (χ3v) is 5.05. The van der Waals surface area contributed by atoms with Crippen molar-refractivity contribution in [1.82, 2.24) is 4.90 Å². The van der Waals surface area contributed by atoms with Crippen molar-refractivity contribution in [3.05, 3.63) is 24.2 Å². The summed E-state index contributed by atoms with van der Waals surface area (Å²) in [5.41, 5.74) is -0.237. The second-order valence-electron chi connectivity index (χ2n) is 4.47. The molecule has 2 heterocycles. The first-order valence-corrected chi connectivity index (χ1v) is 6.52. The summed E-state index contributed by atoms with van der Waals surface area (Å²) in [5, 5.41) is 9.95. The summed E-state index contributed by atoms with van der Waals surface area (Å²) in [6.45, 7) is 4.09. The lowest BCUT2D eigenvalue weighted by atomic mass is 10.0. The molecule has 92 valence electrons. The minimum Gasteiger partial charge on any atom is -0.459 e. The Balaban J connectivity index is 2.27. The van der Waals surface area contributed by atoms with Crippen LogP contribution in [-0.4, -0.2) is 43.3 Å². The average Bonchev–Trinajstić information content (AvgIpc) is 2.82. The fraction of sp³-hybridized carbons (Fsp3) is 0.455. The van der Waals surface area contributed by atoms with E-state index in [-0.39, 0.29) is 10.9 Å². The fourth-order valence-electron chi connectivity index (χ4n) is 1.66. The maximum absolute atomic E-state index is 10.1. The van der Waals surface area contributed by atoms with E-state index in [2.05, 4.69) is 0 Å². The molecule has 1 saturated heterocycles. The fourth-order valence-corrected chi connectivity index (χ4v) is 3.37. The molecule has 0 saturated carbocycles. The number of hydrogen-bond acceptors (Lipinski definition) is 4. The van der Waals surface area contributed by atoms with Gasteiger partial charge < -0.3 is 9.32 Å². The first-order valence-electron chi connectivity index (χ1n) is 5.23. The van der Waals surface area contributed by atoms with Gasteiger partial charge in [-0.25, -0.2) is 0 Å². The first kappa shape index (κ1) is 12.4. The molecule has 0 spiro atoms. The van der Waals surface area contributed by atoms with Crippen LogP contribution in [0.4, 0.5) is 0 Å². The Morgan fingerprint density at radius 2 is 2.35 bits per heavy atom. The van der Waals surface area contributed by atoms with E-state index in [9.17, 15) is 5.21 Å². The molecule has 1 aliphatic heterocycles. The van der Waals surface area contributed by atoms with Crippen LogP contribution in [0.15, 0.2) is 22.8 Å². The zero-order chi connectivity index (χ0) is 12.6. The number of nitrogens with zero attached hydrogens (tertiary/aromatic N) is 2. The van der Waals surface area contributed by atoms with Crippen LogP contribution in [0, 0.1) is 0 Å². The quantitative estimate of drug-likeness (QED) is 0.293. The lowest BCUT2D eigenvalue weighted by molar-refractivity contribution is -0.785. The van der Waals surface area contributed by atoms with Crippen molar-refractivity contribution in [2.45, 2.75) is 24.8 Å². The average molecular weight is 271 g/mol. The van der Waals surface area contributed by atoms with Gasteiger partial charge in [0, 0.05) is 7.05 Å². The number of furan rings is 1. The molecule has 0 bridgehead atoms. The number of rotatable bonds is 2. The molecule has 0 amide bonds. The van der Waals surface area contributed by atoms with Gasteiger partial charge in [0.05, 0.1) is 6.26 Å². The molecule has 0 aromatic carbocycles. The van der Waals surface area contributed by atoms with E-state index in [1.165, 1.54) is 16.5 Å². The Morgan fingerprint density at radius 3 is 2.82 bits per heavy atom. The Morgan fingerprint density at radius 1 is 1.65 bits per heavy atom. The summed E-state index contributed by atoms with van der Waals surface area (Å²) >= 11 is 6.72. The van der Waals surface area contributed by atoms with Gasteiger partial charge in [0.1, 0.15) is 9.86 Å². The van der Waals surface area contributed by atoms with Crippen molar-refractivity contribution in [1.29, 1.82) is 0 Å². The smallest absolute Gasteiger partial charge is 0.276 e. The van der Waals surface area contributed by atoms with Crippen LogP contribution in [0.1, 0.15) is 19.6 Å². The lowest BCUT2D eigenvalue weighted by Crippen LogP contribution is -2.47. The molecule has 1 unspecified atom stereocenters. The SMILES string of the molecule is CN1C(=S)SC([N+](O)=Cc2ccco2)C1(C)C. The lowest BCUT2D eigenvalue weighted by Gasteiger charge is -2.28. The highest BCUT2D eigenvalue weighted by Crippen LogP contribution is 2.38. The Hall–Kier alpha value is -1.01. The van der Waals surface area contributed by atoms with Gasteiger partial charge in [-0.3, -0.25) is 5.21 Å². The van der Waals surface area contributed by atoms with Crippen LogP contribution >= 0.6 is 24.0 Å². The Kier molecular flexibility index (Phi) is 3.18. The molecule has 1 aromatic rings. The molecule has 0 aliphatic carbocycles. The maximum atomic E-state index is 10.1. The van der Waals surface area contributed by atoms with Crippen molar-refractivity contribution >= 4 is 34.5 Å². The summed E-state index contributed by atoms with van der Waals surface area (Å²) in [7, 11) is 1.94. The van der Waals surface area contributed by atoms with Gasteiger partial charge in [-0.2, -0.15) is 0 Å². The molecule has 1 aliphatic rings. The normalized spacial score (nSPS) is 24.4. The summed E-state index contributed by atoms with van der Waals surface area (Å²) in [5.74, 6) is 0.615. The number of thioether (sulfide) groups is 1. The van der Waals surface area contributed by atoms with E-state index >= 15 is 0 Å². The van der Waals surface area contributed by atoms with Gasteiger partial charge in [0.2, 0.25) is 0 Å². The molecule has 0 radical (unpaired) electrons. The Labute approximate surface area is 110 Å². The van der Waals surface area contributed by atoms with Crippen LogP contribution in [0.3, 0.4) is 0 Å². The molecular formula is C11H15N2O2S2+. The predicted octanol–water partition coefficient (Wildman–Crippen LogP) is 2.17. The predicted molar refractivity (Wildman–Crippen MR) is 71.7 cm³/mol. The van der Waals surface area contributed by atoms with Crippen LogP contribution < -0.4 is 0 Å². The molecule has 1 aromatic heterocycles. The van der Waals surface area contributed by atoms with E-state index in [1.54, 1.807) is 24.6 Å². The first-order chi connectivity index (χ1) is 7.93. The minimum absolute atomic E-state index is 0.148. The van der Waals surface area contributed by atoms with Crippen LogP contribution in [0.25, 0.3) is 0 Å². The number of hydroxylamine groups is 1. The zero-order valence-corrected chi connectivity index (χ0v) is 11.6. The van der Waals surface area contributed by atoms with Crippen molar-refractivity contribution < 1.29 is 14.4 Å². The second kappa shape index (κ2) is 4.34. The van der Waals surface area contributed by atoms with Crippen LogP contribution in [0.2, 0.25) is 0 Å². The van der Waals surface area contributed by atoms with E-state index in [0.717, 1.165) is 4.32 Å². The number of likely N-dealkylation sites (N-methyl/N-ethyl adjacent to an activating group) is 1. The third-order valence-electron chi connectivity index (χ3n) is 3.00. The van der Waals surface area contributed by atoms with E-state index in [4.69, 9.17) is 16.6 Å². The highest BCUT2D eigenvalue weighted by atomic mass is 32.2. The standard InChI is InChI=1S/C11H15N2O2S2/c1-11(2)9(17-10(16)12(11)3)13(14)7-8-5-4-6-15-8/h4-7,9,14H,1-3H3/q+1. The highest BCUT2D eigenvalue weighted by molar-refractivity contribution is 8.23. The van der Waals surface area contributed by atoms with Crippen molar-refractivity contribution in [2.24, 2.45) is 0 Å². The molecule has 1 atom stereocenters. The number of thiocarbonyl (C=S) groups is 1. The zero-order valence-electron chi connectivity index (χ0n) is 9.95. The van der Waals surface area contributed by atoms with E-state index in [1.807, 2.05) is 25.8 Å². The monoisotopic (exact) mass is 271 g/mol. The summed E-state index contributed by atoms with van der Waals surface area (Å²) < 4.78 is 7.12. The van der Waals surface area contributed by atoms with Gasteiger partial charge in [0.15, 0.2) is 5.76 Å². The molecule has 17 heavy (non-hydrogen) atoms. The highest BCUT2D eigenvalue weighted by Gasteiger charge is 2.51. The molecule has 6 heteroatoms. The van der Waals surface area contributed by atoms with Gasteiger partial charge in [-0.1, -0.05) is 12.2 Å². The minimum atomic E-state index is -0.237. The second-order valence-corrected chi connectivity index (χ2v) is 6.19.